The summed E-state index contributed by atoms with van der Waals surface area (Å²) in [4.78, 5) is 42.7. The predicted octanol–water partition coefficient (Wildman–Crippen LogP) is 1.24. The molecule has 10 nitrogen and oxygen atoms in total. The van der Waals surface area contributed by atoms with Crippen LogP contribution in [0.1, 0.15) is 26.3 Å². The summed E-state index contributed by atoms with van der Waals surface area (Å²) in [5, 5.41) is 12.0. The molecule has 1 heterocycles. The number of nitrogens with one attached hydrogen (secondary N) is 1. The minimum Gasteiger partial charge on any atom is -0.398 e. The Kier molecular flexibility index (Phi) is 6.78. The standard InChI is InChI=1S/C23H26N6O4/c1-13-15(5-4-6-16(13)20(25)31)19-12-29(3)23(33)21(27-19)26-14-7-8-17(18(24)11-14)22(32)28(2)9-10-30/h4-8,11-12,30H,9-10,24H2,1-3H3,(H2,25,31)(H,26,27). The number of rotatable bonds is 7. The van der Waals surface area contributed by atoms with Gasteiger partial charge in [0.1, 0.15) is 0 Å². The van der Waals surface area contributed by atoms with Gasteiger partial charge in [-0.3, -0.25) is 14.4 Å². The molecule has 6 N–H and O–H groups in total. The maximum absolute atomic E-state index is 12.7. The van der Waals surface area contributed by atoms with Crippen LogP contribution >= 0.6 is 0 Å². The number of carbonyl (C=O) groups is 2. The molecule has 3 rings (SSSR count). The van der Waals surface area contributed by atoms with Gasteiger partial charge in [-0.25, -0.2) is 4.98 Å². The Hall–Kier alpha value is -4.18. The first-order valence-corrected chi connectivity index (χ1v) is 10.1. The first kappa shape index (κ1) is 23.5. The average molecular weight is 450 g/mol. The second-order valence-electron chi connectivity index (χ2n) is 7.61. The maximum atomic E-state index is 12.7. The molecular weight excluding hydrogens is 424 g/mol. The highest BCUT2D eigenvalue weighted by molar-refractivity contribution is 5.99. The van der Waals surface area contributed by atoms with E-state index in [1.165, 1.54) is 15.5 Å². The van der Waals surface area contributed by atoms with Gasteiger partial charge >= 0.3 is 0 Å². The van der Waals surface area contributed by atoms with Crippen molar-refractivity contribution >= 4 is 29.0 Å². The molecule has 33 heavy (non-hydrogen) atoms. The van der Waals surface area contributed by atoms with Gasteiger partial charge in [0.25, 0.3) is 11.5 Å². The van der Waals surface area contributed by atoms with Gasteiger partial charge in [0, 0.05) is 49.3 Å². The topological polar surface area (TPSA) is 157 Å². The van der Waals surface area contributed by atoms with Crippen LogP contribution in [0.5, 0.6) is 0 Å². The molecule has 0 saturated carbocycles. The minimum absolute atomic E-state index is 0.0507. The predicted molar refractivity (Wildman–Crippen MR) is 126 cm³/mol. The summed E-state index contributed by atoms with van der Waals surface area (Å²) in [5.74, 6) is -0.823. The zero-order valence-corrected chi connectivity index (χ0v) is 18.6. The summed E-state index contributed by atoms with van der Waals surface area (Å²) in [6.07, 6.45) is 1.58. The van der Waals surface area contributed by atoms with Gasteiger partial charge in [-0.05, 0) is 36.8 Å². The smallest absolute Gasteiger partial charge is 0.293 e. The van der Waals surface area contributed by atoms with Gasteiger partial charge in [0.05, 0.1) is 17.9 Å². The van der Waals surface area contributed by atoms with E-state index in [1.807, 2.05) is 0 Å². The zero-order valence-electron chi connectivity index (χ0n) is 18.6. The Labute approximate surface area is 190 Å². The molecule has 2 aromatic carbocycles. The summed E-state index contributed by atoms with van der Waals surface area (Å²) < 4.78 is 1.38. The number of primary amides is 1. The number of hydrogen-bond acceptors (Lipinski definition) is 7. The number of aliphatic hydroxyl groups excluding tert-OH is 1. The van der Waals surface area contributed by atoms with Crippen molar-refractivity contribution in [2.45, 2.75) is 6.92 Å². The summed E-state index contributed by atoms with van der Waals surface area (Å²) in [7, 11) is 3.16. The molecule has 0 atom stereocenters. The third kappa shape index (κ3) is 4.85. The van der Waals surface area contributed by atoms with Crippen LogP contribution in [0.3, 0.4) is 0 Å². The van der Waals surface area contributed by atoms with Crippen LogP contribution in [0.2, 0.25) is 0 Å². The molecule has 10 heteroatoms. The van der Waals surface area contributed by atoms with Gasteiger partial charge in [-0.15, -0.1) is 0 Å². The van der Waals surface area contributed by atoms with Crippen LogP contribution in [0, 0.1) is 6.92 Å². The number of aliphatic hydroxyl groups is 1. The van der Waals surface area contributed by atoms with E-state index in [1.54, 1.807) is 57.5 Å². The summed E-state index contributed by atoms with van der Waals surface area (Å²) in [6.45, 7) is 1.79. The van der Waals surface area contributed by atoms with Crippen molar-refractivity contribution in [1.82, 2.24) is 14.5 Å². The van der Waals surface area contributed by atoms with Crippen molar-refractivity contribution in [2.75, 3.05) is 31.2 Å². The first-order valence-electron chi connectivity index (χ1n) is 10.1. The number of nitrogens with two attached hydrogens (primary N) is 2. The summed E-state index contributed by atoms with van der Waals surface area (Å²) >= 11 is 0. The van der Waals surface area contributed by atoms with Crippen molar-refractivity contribution in [3.05, 3.63) is 69.6 Å². The van der Waals surface area contributed by atoms with Crippen molar-refractivity contribution in [3.8, 4) is 11.3 Å². The number of amides is 2. The quantitative estimate of drug-likeness (QED) is 0.395. The molecule has 1 aromatic heterocycles. The molecule has 3 aromatic rings. The van der Waals surface area contributed by atoms with Gasteiger partial charge in [0.15, 0.2) is 5.82 Å². The van der Waals surface area contributed by atoms with Crippen molar-refractivity contribution in [3.63, 3.8) is 0 Å². The molecule has 0 unspecified atom stereocenters. The second-order valence-corrected chi connectivity index (χ2v) is 7.61. The minimum atomic E-state index is -0.549. The normalized spacial score (nSPS) is 10.7. The Balaban J connectivity index is 1.98. The third-order valence-electron chi connectivity index (χ3n) is 5.27. The fraction of sp³-hybridized carbons (Fsp3) is 0.217. The lowest BCUT2D eigenvalue weighted by atomic mass is 10.00. The van der Waals surface area contributed by atoms with E-state index in [0.717, 1.165) is 0 Å². The molecule has 0 aliphatic heterocycles. The van der Waals surface area contributed by atoms with E-state index < -0.39 is 5.91 Å². The number of hydrogen-bond donors (Lipinski definition) is 4. The van der Waals surface area contributed by atoms with Crippen LogP contribution in [-0.4, -0.2) is 51.6 Å². The summed E-state index contributed by atoms with van der Waals surface area (Å²) in [5.41, 5.74) is 14.3. The summed E-state index contributed by atoms with van der Waals surface area (Å²) in [6, 6.07) is 9.82. The highest BCUT2D eigenvalue weighted by atomic mass is 16.3. The molecule has 0 aliphatic rings. The number of anilines is 3. The van der Waals surface area contributed by atoms with Crippen LogP contribution in [0.25, 0.3) is 11.3 Å². The number of nitrogen functional groups attached to an aromatic ring is 1. The fourth-order valence-corrected chi connectivity index (χ4v) is 3.43. The van der Waals surface area contributed by atoms with Crippen LogP contribution in [-0.2, 0) is 7.05 Å². The molecule has 2 amide bonds. The largest absolute Gasteiger partial charge is 0.398 e. The number of likely N-dealkylation sites (N-methyl/N-ethyl adjacent to an activating group) is 1. The van der Waals surface area contributed by atoms with Crippen molar-refractivity contribution in [2.24, 2.45) is 12.8 Å². The molecule has 0 fully saturated rings. The molecule has 0 aliphatic carbocycles. The highest BCUT2D eigenvalue weighted by Crippen LogP contribution is 2.26. The van der Waals surface area contributed by atoms with Crippen molar-refractivity contribution in [1.29, 1.82) is 0 Å². The lowest BCUT2D eigenvalue weighted by Crippen LogP contribution is -2.30. The lowest BCUT2D eigenvalue weighted by Gasteiger charge is -2.17. The highest BCUT2D eigenvalue weighted by Gasteiger charge is 2.17. The molecule has 0 radical (unpaired) electrons. The third-order valence-corrected chi connectivity index (χ3v) is 5.27. The van der Waals surface area contributed by atoms with Gasteiger partial charge in [-0.1, -0.05) is 12.1 Å². The lowest BCUT2D eigenvalue weighted by molar-refractivity contribution is 0.0768. The number of aromatic nitrogens is 2. The van der Waals surface area contributed by atoms with Crippen molar-refractivity contribution < 1.29 is 14.7 Å². The molecule has 172 valence electrons. The number of nitrogens with zero attached hydrogens (tertiary/aromatic N) is 3. The van der Waals surface area contributed by atoms with E-state index in [0.29, 0.717) is 28.1 Å². The molecular formula is C23H26N6O4. The molecule has 0 saturated heterocycles. The van der Waals surface area contributed by atoms with Gasteiger partial charge < -0.3 is 31.4 Å². The average Bonchev–Trinajstić information content (AvgIpc) is 2.76. The van der Waals surface area contributed by atoms with Crippen LogP contribution < -0.4 is 22.3 Å². The monoisotopic (exact) mass is 450 g/mol. The van der Waals surface area contributed by atoms with Gasteiger partial charge in [0.2, 0.25) is 5.91 Å². The Morgan fingerprint density at radius 1 is 1.21 bits per heavy atom. The SMILES string of the molecule is Cc1c(C(N)=O)cccc1-c1cn(C)c(=O)c(Nc2ccc(C(=O)N(C)CCO)c(N)c2)n1. The van der Waals surface area contributed by atoms with Crippen LogP contribution in [0.4, 0.5) is 17.2 Å². The van der Waals surface area contributed by atoms with E-state index in [9.17, 15) is 14.4 Å². The molecule has 0 spiro atoms. The van der Waals surface area contributed by atoms with Gasteiger partial charge in [-0.2, -0.15) is 0 Å². The Morgan fingerprint density at radius 3 is 2.58 bits per heavy atom. The number of benzene rings is 2. The maximum Gasteiger partial charge on any atom is 0.293 e. The van der Waals surface area contributed by atoms with E-state index >= 15 is 0 Å². The molecule has 0 bridgehead atoms. The number of aryl methyl sites for hydroxylation is 1. The Bertz CT molecular complexity index is 1280. The first-order chi connectivity index (χ1) is 15.6. The second kappa shape index (κ2) is 9.53. The zero-order chi connectivity index (χ0) is 24.3. The van der Waals surface area contributed by atoms with E-state index in [-0.39, 0.29) is 41.7 Å². The van der Waals surface area contributed by atoms with E-state index in [2.05, 4.69) is 10.3 Å². The fourth-order valence-electron chi connectivity index (χ4n) is 3.43. The van der Waals surface area contributed by atoms with E-state index in [4.69, 9.17) is 16.6 Å². The number of carbonyl (C=O) groups excluding carboxylic acids is 2. The Morgan fingerprint density at radius 2 is 1.94 bits per heavy atom. The van der Waals surface area contributed by atoms with Crippen LogP contribution in [0.15, 0.2) is 47.4 Å².